The van der Waals surface area contributed by atoms with Crippen molar-refractivity contribution >= 4 is 5.95 Å². The van der Waals surface area contributed by atoms with Crippen LogP contribution in [0.15, 0.2) is 30.7 Å². The highest BCUT2D eigenvalue weighted by Crippen LogP contribution is 2.18. The smallest absolute Gasteiger partial charge is 0.220 e. The molecule has 0 saturated carbocycles. The zero-order valence-corrected chi connectivity index (χ0v) is 7.18. The molecule has 0 bridgehead atoms. The summed E-state index contributed by atoms with van der Waals surface area (Å²) in [6, 6.07) is 3.41. The van der Waals surface area contributed by atoms with Crippen molar-refractivity contribution in [3.05, 3.63) is 36.5 Å². The minimum absolute atomic E-state index is 0.0465. The number of pyridine rings is 1. The van der Waals surface area contributed by atoms with Gasteiger partial charge in [-0.3, -0.25) is 4.98 Å². The van der Waals surface area contributed by atoms with Crippen molar-refractivity contribution in [3.8, 4) is 11.3 Å². The quantitative estimate of drug-likeness (QED) is 0.735. The second kappa shape index (κ2) is 3.37. The molecule has 2 aromatic heterocycles. The lowest BCUT2D eigenvalue weighted by molar-refractivity contribution is 0.619. The van der Waals surface area contributed by atoms with Gasteiger partial charge in [-0.25, -0.2) is 14.4 Å². The summed E-state index contributed by atoms with van der Waals surface area (Å²) in [6.07, 6.45) is 4.17. The third-order valence-electron chi connectivity index (χ3n) is 1.70. The van der Waals surface area contributed by atoms with Crippen LogP contribution in [0.4, 0.5) is 10.3 Å². The van der Waals surface area contributed by atoms with Crippen molar-refractivity contribution in [2.45, 2.75) is 0 Å². The summed E-state index contributed by atoms with van der Waals surface area (Å²) >= 11 is 0. The van der Waals surface area contributed by atoms with Crippen molar-refractivity contribution in [3.63, 3.8) is 0 Å². The topological polar surface area (TPSA) is 64.7 Å². The number of anilines is 1. The van der Waals surface area contributed by atoms with Gasteiger partial charge in [0.1, 0.15) is 5.69 Å². The zero-order chi connectivity index (χ0) is 9.97. The van der Waals surface area contributed by atoms with Crippen molar-refractivity contribution < 1.29 is 4.39 Å². The molecule has 0 aromatic carbocycles. The second-order valence-electron chi connectivity index (χ2n) is 2.67. The van der Waals surface area contributed by atoms with Crippen LogP contribution in [0.1, 0.15) is 0 Å². The van der Waals surface area contributed by atoms with Crippen LogP contribution in [0, 0.1) is 5.82 Å². The van der Waals surface area contributed by atoms with E-state index < -0.39 is 5.82 Å². The number of aromatic nitrogens is 3. The van der Waals surface area contributed by atoms with Crippen LogP contribution in [-0.4, -0.2) is 15.0 Å². The third-order valence-corrected chi connectivity index (χ3v) is 1.70. The first-order chi connectivity index (χ1) is 6.77. The molecule has 0 fully saturated rings. The lowest BCUT2D eigenvalue weighted by Crippen LogP contribution is -1.98. The van der Waals surface area contributed by atoms with E-state index in [0.717, 1.165) is 6.20 Å². The van der Waals surface area contributed by atoms with E-state index in [1.54, 1.807) is 18.3 Å². The fourth-order valence-electron chi connectivity index (χ4n) is 1.09. The maximum Gasteiger partial charge on any atom is 0.220 e. The molecule has 70 valence electrons. The van der Waals surface area contributed by atoms with E-state index in [4.69, 9.17) is 5.73 Å². The van der Waals surface area contributed by atoms with Crippen LogP contribution in [0.2, 0.25) is 0 Å². The largest absolute Gasteiger partial charge is 0.368 e. The number of rotatable bonds is 1. The lowest BCUT2D eigenvalue weighted by Gasteiger charge is -2.01. The standard InChI is InChI=1S/C9H7FN4/c10-7-5-13-9(11)14-8(7)6-2-1-3-12-4-6/h1-5H,(H2,11,13,14). The van der Waals surface area contributed by atoms with Crippen LogP contribution in [0.5, 0.6) is 0 Å². The van der Waals surface area contributed by atoms with Crippen LogP contribution in [0.25, 0.3) is 11.3 Å². The predicted octanol–water partition coefficient (Wildman–Crippen LogP) is 1.26. The molecule has 2 aromatic rings. The Morgan fingerprint density at radius 2 is 2.14 bits per heavy atom. The highest BCUT2D eigenvalue weighted by molar-refractivity contribution is 5.58. The summed E-state index contributed by atoms with van der Waals surface area (Å²) in [5.74, 6) is -0.461. The fourth-order valence-corrected chi connectivity index (χ4v) is 1.09. The molecule has 5 heteroatoms. The minimum Gasteiger partial charge on any atom is -0.368 e. The van der Waals surface area contributed by atoms with Gasteiger partial charge >= 0.3 is 0 Å². The molecule has 14 heavy (non-hydrogen) atoms. The predicted molar refractivity (Wildman–Crippen MR) is 49.6 cm³/mol. The Bertz CT molecular complexity index is 444. The number of nitrogen functional groups attached to an aromatic ring is 1. The Kier molecular flexibility index (Phi) is 2.06. The van der Waals surface area contributed by atoms with Gasteiger partial charge in [-0.05, 0) is 12.1 Å². The summed E-state index contributed by atoms with van der Waals surface area (Å²) in [5.41, 5.74) is 6.11. The second-order valence-corrected chi connectivity index (χ2v) is 2.67. The number of hydrogen-bond acceptors (Lipinski definition) is 4. The van der Waals surface area contributed by atoms with Crippen molar-refractivity contribution in [1.82, 2.24) is 15.0 Å². The lowest BCUT2D eigenvalue weighted by atomic mass is 10.2. The van der Waals surface area contributed by atoms with Gasteiger partial charge in [0.05, 0.1) is 6.20 Å². The maximum atomic E-state index is 13.2. The molecule has 0 amide bonds. The van der Waals surface area contributed by atoms with Crippen molar-refractivity contribution in [2.24, 2.45) is 0 Å². The molecule has 0 saturated heterocycles. The van der Waals surface area contributed by atoms with Gasteiger partial charge in [-0.1, -0.05) is 0 Å². The SMILES string of the molecule is Nc1ncc(F)c(-c2cccnc2)n1. The van der Waals surface area contributed by atoms with Gasteiger partial charge in [0.2, 0.25) is 5.95 Å². The molecule has 2 heterocycles. The van der Waals surface area contributed by atoms with Crippen LogP contribution in [0.3, 0.4) is 0 Å². The molecular weight excluding hydrogens is 183 g/mol. The van der Waals surface area contributed by atoms with E-state index in [1.807, 2.05) is 0 Å². The highest BCUT2D eigenvalue weighted by Gasteiger charge is 2.07. The van der Waals surface area contributed by atoms with Gasteiger partial charge in [-0.15, -0.1) is 0 Å². The first-order valence-electron chi connectivity index (χ1n) is 3.96. The molecule has 2 rings (SSSR count). The van der Waals surface area contributed by atoms with E-state index in [0.29, 0.717) is 5.56 Å². The highest BCUT2D eigenvalue weighted by atomic mass is 19.1. The summed E-state index contributed by atoms with van der Waals surface area (Å²) in [4.78, 5) is 11.2. The molecule has 0 aliphatic rings. The molecule has 2 N–H and O–H groups in total. The van der Waals surface area contributed by atoms with Crippen LogP contribution >= 0.6 is 0 Å². The van der Waals surface area contributed by atoms with Gasteiger partial charge in [0.15, 0.2) is 5.82 Å². The molecular formula is C9H7FN4. The Morgan fingerprint density at radius 1 is 1.29 bits per heavy atom. The number of hydrogen-bond donors (Lipinski definition) is 1. The van der Waals surface area contributed by atoms with E-state index in [1.165, 1.54) is 6.20 Å². The molecule has 0 unspecified atom stereocenters. The van der Waals surface area contributed by atoms with Crippen LogP contribution in [-0.2, 0) is 0 Å². The third kappa shape index (κ3) is 1.52. The van der Waals surface area contributed by atoms with E-state index in [9.17, 15) is 4.39 Å². The van der Waals surface area contributed by atoms with Crippen molar-refractivity contribution in [2.75, 3.05) is 5.73 Å². The first-order valence-corrected chi connectivity index (χ1v) is 3.96. The average Bonchev–Trinajstić information content (AvgIpc) is 2.23. The van der Waals surface area contributed by atoms with Gasteiger partial charge in [-0.2, -0.15) is 0 Å². The maximum absolute atomic E-state index is 13.2. The summed E-state index contributed by atoms with van der Waals surface area (Å²) in [5, 5.41) is 0. The Morgan fingerprint density at radius 3 is 2.86 bits per heavy atom. The Balaban J connectivity index is 2.57. The zero-order valence-electron chi connectivity index (χ0n) is 7.18. The van der Waals surface area contributed by atoms with E-state index >= 15 is 0 Å². The number of halogens is 1. The molecule has 0 atom stereocenters. The minimum atomic E-state index is -0.507. The first kappa shape index (κ1) is 8.55. The Labute approximate surface area is 79.7 Å². The van der Waals surface area contributed by atoms with Crippen LogP contribution < -0.4 is 5.73 Å². The van der Waals surface area contributed by atoms with Gasteiger partial charge in [0.25, 0.3) is 0 Å². The Hall–Kier alpha value is -2.04. The molecule has 0 aliphatic carbocycles. The van der Waals surface area contributed by atoms with E-state index in [-0.39, 0.29) is 11.6 Å². The molecule has 0 spiro atoms. The fraction of sp³-hybridized carbons (Fsp3) is 0. The van der Waals surface area contributed by atoms with E-state index in [2.05, 4.69) is 15.0 Å². The molecule has 0 aliphatic heterocycles. The molecule has 4 nitrogen and oxygen atoms in total. The monoisotopic (exact) mass is 190 g/mol. The van der Waals surface area contributed by atoms with Gasteiger partial charge in [0, 0.05) is 18.0 Å². The van der Waals surface area contributed by atoms with Crippen molar-refractivity contribution in [1.29, 1.82) is 0 Å². The number of nitrogens with zero attached hydrogens (tertiary/aromatic N) is 3. The summed E-state index contributed by atoms with van der Waals surface area (Å²) in [6.45, 7) is 0. The molecule has 0 radical (unpaired) electrons. The summed E-state index contributed by atoms with van der Waals surface area (Å²) in [7, 11) is 0. The average molecular weight is 190 g/mol. The number of nitrogens with two attached hydrogens (primary N) is 1. The van der Waals surface area contributed by atoms with Gasteiger partial charge < -0.3 is 5.73 Å². The normalized spacial score (nSPS) is 10.1. The summed E-state index contributed by atoms with van der Waals surface area (Å²) < 4.78 is 13.2.